The second-order valence-electron chi connectivity index (χ2n) is 4.31. The van der Waals surface area contributed by atoms with Crippen LogP contribution in [0.3, 0.4) is 0 Å². The lowest BCUT2D eigenvalue weighted by Crippen LogP contribution is -2.12. The molecule has 0 bridgehead atoms. The Balaban J connectivity index is 2.50. The molecule has 0 aliphatic carbocycles. The molecule has 1 N–H and O–H groups in total. The van der Waals surface area contributed by atoms with Crippen LogP contribution in [0.25, 0.3) is 0 Å². The highest BCUT2D eigenvalue weighted by molar-refractivity contribution is 6.31. The number of benzene rings is 1. The number of rotatable bonds is 7. The van der Waals surface area contributed by atoms with Crippen molar-refractivity contribution < 1.29 is 9.66 Å². The average molecular weight is 273 g/mol. The van der Waals surface area contributed by atoms with Gasteiger partial charge in [0.25, 0.3) is 5.69 Å². The van der Waals surface area contributed by atoms with E-state index in [1.807, 2.05) is 0 Å². The molecule has 1 aromatic carbocycles. The molecule has 0 spiro atoms. The van der Waals surface area contributed by atoms with Crippen molar-refractivity contribution in [2.75, 3.05) is 25.1 Å². The Kier molecular flexibility index (Phi) is 5.88. The molecule has 1 aromatic rings. The van der Waals surface area contributed by atoms with Crippen LogP contribution >= 0.6 is 11.6 Å². The summed E-state index contributed by atoms with van der Waals surface area (Å²) in [5.41, 5.74) is 0.434. The molecule has 0 unspecified atom stereocenters. The summed E-state index contributed by atoms with van der Waals surface area (Å²) in [6.45, 7) is 5.82. The van der Waals surface area contributed by atoms with E-state index >= 15 is 0 Å². The van der Waals surface area contributed by atoms with Gasteiger partial charge in [-0.25, -0.2) is 0 Å². The Hall–Kier alpha value is -1.33. The first-order valence-electron chi connectivity index (χ1n) is 5.76. The second kappa shape index (κ2) is 7.18. The number of hydrogen-bond acceptors (Lipinski definition) is 4. The Morgan fingerprint density at radius 2 is 2.22 bits per heavy atom. The number of nitro benzene ring substituents is 1. The highest BCUT2D eigenvalue weighted by Crippen LogP contribution is 2.27. The first-order valence-corrected chi connectivity index (χ1v) is 6.14. The summed E-state index contributed by atoms with van der Waals surface area (Å²) in [6.07, 6.45) is 0. The van der Waals surface area contributed by atoms with E-state index < -0.39 is 4.92 Å². The van der Waals surface area contributed by atoms with Crippen LogP contribution in [0.5, 0.6) is 0 Å². The third kappa shape index (κ3) is 4.89. The Labute approximate surface area is 111 Å². The molecule has 0 heterocycles. The minimum absolute atomic E-state index is 0.0169. The van der Waals surface area contributed by atoms with E-state index in [9.17, 15) is 10.1 Å². The zero-order valence-corrected chi connectivity index (χ0v) is 11.2. The third-order valence-corrected chi connectivity index (χ3v) is 2.40. The van der Waals surface area contributed by atoms with Crippen LogP contribution in [-0.4, -0.2) is 24.7 Å². The molecule has 18 heavy (non-hydrogen) atoms. The van der Waals surface area contributed by atoms with Gasteiger partial charge in [-0.3, -0.25) is 10.1 Å². The van der Waals surface area contributed by atoms with Gasteiger partial charge >= 0.3 is 0 Å². The van der Waals surface area contributed by atoms with Crippen molar-refractivity contribution >= 4 is 23.0 Å². The quantitative estimate of drug-likeness (QED) is 0.470. The van der Waals surface area contributed by atoms with E-state index in [1.165, 1.54) is 12.1 Å². The van der Waals surface area contributed by atoms with Crippen LogP contribution in [0.1, 0.15) is 13.8 Å². The summed E-state index contributed by atoms with van der Waals surface area (Å²) in [7, 11) is 0. The van der Waals surface area contributed by atoms with Crippen LogP contribution in [0, 0.1) is 16.0 Å². The third-order valence-electron chi connectivity index (χ3n) is 2.17. The zero-order valence-electron chi connectivity index (χ0n) is 10.5. The summed E-state index contributed by atoms with van der Waals surface area (Å²) in [5, 5.41) is 14.2. The summed E-state index contributed by atoms with van der Waals surface area (Å²) >= 11 is 5.81. The van der Waals surface area contributed by atoms with Gasteiger partial charge in [-0.2, -0.15) is 0 Å². The molecular formula is C12H17ClN2O3. The van der Waals surface area contributed by atoms with Gasteiger partial charge < -0.3 is 10.1 Å². The maximum absolute atomic E-state index is 10.8. The number of halogens is 1. The maximum Gasteiger partial charge on any atom is 0.292 e. The normalized spacial score (nSPS) is 10.7. The van der Waals surface area contributed by atoms with Gasteiger partial charge in [0, 0.05) is 24.2 Å². The Bertz CT molecular complexity index is 410. The number of nitrogens with one attached hydrogen (secondary N) is 1. The average Bonchev–Trinajstić information content (AvgIpc) is 2.27. The Morgan fingerprint density at radius 3 is 2.83 bits per heavy atom. The van der Waals surface area contributed by atoms with E-state index in [0.717, 1.165) is 0 Å². The SMILES string of the molecule is CC(C)COCCNc1cc(Cl)ccc1[N+](=O)[O-]. The van der Waals surface area contributed by atoms with Crippen LogP contribution in [0.4, 0.5) is 11.4 Å². The first-order chi connectivity index (χ1) is 8.50. The fourth-order valence-corrected chi connectivity index (χ4v) is 1.56. The number of nitro groups is 1. The van der Waals surface area contributed by atoms with Gasteiger partial charge in [-0.1, -0.05) is 25.4 Å². The molecule has 0 aromatic heterocycles. The smallest absolute Gasteiger partial charge is 0.292 e. The van der Waals surface area contributed by atoms with Gasteiger partial charge in [0.1, 0.15) is 5.69 Å². The van der Waals surface area contributed by atoms with Crippen LogP contribution < -0.4 is 5.32 Å². The summed E-state index contributed by atoms with van der Waals surface area (Å²) < 4.78 is 5.38. The van der Waals surface area contributed by atoms with E-state index in [-0.39, 0.29) is 5.69 Å². The van der Waals surface area contributed by atoms with Crippen molar-refractivity contribution in [2.24, 2.45) is 5.92 Å². The lowest BCUT2D eigenvalue weighted by atomic mass is 10.2. The molecule has 0 saturated heterocycles. The molecule has 0 saturated carbocycles. The molecule has 100 valence electrons. The molecule has 0 fully saturated rings. The van der Waals surface area contributed by atoms with Gasteiger partial charge in [-0.05, 0) is 18.1 Å². The topological polar surface area (TPSA) is 64.4 Å². The van der Waals surface area contributed by atoms with Crippen molar-refractivity contribution in [1.29, 1.82) is 0 Å². The standard InChI is InChI=1S/C12H17ClN2O3/c1-9(2)8-18-6-5-14-11-7-10(13)3-4-12(11)15(16)17/h3-4,7,9,14H,5-6,8H2,1-2H3. The summed E-state index contributed by atoms with van der Waals surface area (Å²) in [6, 6.07) is 4.43. The van der Waals surface area contributed by atoms with Crippen molar-refractivity contribution in [3.63, 3.8) is 0 Å². The molecular weight excluding hydrogens is 256 g/mol. The largest absolute Gasteiger partial charge is 0.379 e. The van der Waals surface area contributed by atoms with Crippen LogP contribution in [0.15, 0.2) is 18.2 Å². The summed E-state index contributed by atoms with van der Waals surface area (Å²) in [4.78, 5) is 10.4. The van der Waals surface area contributed by atoms with Crippen molar-refractivity contribution in [3.8, 4) is 0 Å². The molecule has 0 aliphatic heterocycles. The fraction of sp³-hybridized carbons (Fsp3) is 0.500. The highest BCUT2D eigenvalue weighted by atomic mass is 35.5. The van der Waals surface area contributed by atoms with E-state index in [1.54, 1.807) is 6.07 Å². The van der Waals surface area contributed by atoms with E-state index in [2.05, 4.69) is 19.2 Å². The highest BCUT2D eigenvalue weighted by Gasteiger charge is 2.13. The van der Waals surface area contributed by atoms with Crippen molar-refractivity contribution in [1.82, 2.24) is 0 Å². The number of ether oxygens (including phenoxy) is 1. The molecule has 5 nitrogen and oxygen atoms in total. The predicted octanol–water partition coefficient (Wildman–Crippen LogP) is 3.33. The number of anilines is 1. The fourth-order valence-electron chi connectivity index (χ4n) is 1.39. The molecule has 0 atom stereocenters. The van der Waals surface area contributed by atoms with E-state index in [0.29, 0.717) is 36.4 Å². The molecule has 6 heteroatoms. The van der Waals surface area contributed by atoms with Crippen molar-refractivity contribution in [2.45, 2.75) is 13.8 Å². The lowest BCUT2D eigenvalue weighted by Gasteiger charge is -2.09. The Morgan fingerprint density at radius 1 is 1.50 bits per heavy atom. The summed E-state index contributed by atoms with van der Waals surface area (Å²) in [5.74, 6) is 0.477. The van der Waals surface area contributed by atoms with Gasteiger partial charge in [0.15, 0.2) is 0 Å². The first kappa shape index (κ1) is 14.7. The van der Waals surface area contributed by atoms with Gasteiger partial charge in [0.05, 0.1) is 11.5 Å². The van der Waals surface area contributed by atoms with Crippen molar-refractivity contribution in [3.05, 3.63) is 33.3 Å². The lowest BCUT2D eigenvalue weighted by molar-refractivity contribution is -0.384. The molecule has 0 amide bonds. The molecule has 0 radical (unpaired) electrons. The molecule has 1 rings (SSSR count). The second-order valence-corrected chi connectivity index (χ2v) is 4.75. The van der Waals surface area contributed by atoms with Crippen LogP contribution in [0.2, 0.25) is 5.02 Å². The van der Waals surface area contributed by atoms with Gasteiger partial charge in [-0.15, -0.1) is 0 Å². The predicted molar refractivity (Wildman–Crippen MR) is 72.3 cm³/mol. The zero-order chi connectivity index (χ0) is 13.5. The number of nitrogens with zero attached hydrogens (tertiary/aromatic N) is 1. The van der Waals surface area contributed by atoms with Gasteiger partial charge in [0.2, 0.25) is 0 Å². The minimum atomic E-state index is -0.437. The minimum Gasteiger partial charge on any atom is -0.379 e. The maximum atomic E-state index is 10.8. The monoisotopic (exact) mass is 272 g/mol. The number of hydrogen-bond donors (Lipinski definition) is 1. The van der Waals surface area contributed by atoms with E-state index in [4.69, 9.17) is 16.3 Å². The van der Waals surface area contributed by atoms with Crippen LogP contribution in [-0.2, 0) is 4.74 Å². The molecule has 0 aliphatic rings.